The molecule has 2 rings (SSSR count). The molecule has 1 aromatic rings. The molecule has 0 bridgehead atoms. The molecule has 0 spiro atoms. The highest BCUT2D eigenvalue weighted by Gasteiger charge is 2.23. The van der Waals surface area contributed by atoms with Gasteiger partial charge in [0, 0.05) is 32.1 Å². The second-order valence-corrected chi connectivity index (χ2v) is 5.42. The number of carbonyl (C=O) groups is 1. The summed E-state index contributed by atoms with van der Waals surface area (Å²) in [6, 6.07) is 0. The van der Waals surface area contributed by atoms with Crippen molar-refractivity contribution in [2.24, 2.45) is 5.84 Å². The predicted octanol–water partition coefficient (Wildman–Crippen LogP) is 0.692. The van der Waals surface area contributed by atoms with Gasteiger partial charge in [-0.3, -0.25) is 4.79 Å². The summed E-state index contributed by atoms with van der Waals surface area (Å²) in [7, 11) is 1.84. The monoisotopic (exact) mass is 292 g/mol. The first-order chi connectivity index (χ1) is 10.1. The number of aromatic nitrogens is 2. The van der Waals surface area contributed by atoms with Crippen molar-refractivity contribution in [1.29, 1.82) is 0 Å². The molecule has 3 N–H and O–H groups in total. The molecule has 1 saturated heterocycles. The zero-order valence-corrected chi connectivity index (χ0v) is 13.0. The summed E-state index contributed by atoms with van der Waals surface area (Å²) >= 11 is 0. The van der Waals surface area contributed by atoms with Crippen molar-refractivity contribution in [3.63, 3.8) is 0 Å². The van der Waals surface area contributed by atoms with Gasteiger partial charge in [-0.1, -0.05) is 6.92 Å². The van der Waals surface area contributed by atoms with E-state index in [4.69, 9.17) is 5.84 Å². The maximum atomic E-state index is 12.1. The van der Waals surface area contributed by atoms with Gasteiger partial charge in [0.2, 0.25) is 5.91 Å². The Morgan fingerprint density at radius 3 is 2.76 bits per heavy atom. The van der Waals surface area contributed by atoms with E-state index in [2.05, 4.69) is 22.3 Å². The number of hydrogen-bond donors (Lipinski definition) is 2. The van der Waals surface area contributed by atoms with E-state index in [1.165, 1.54) is 0 Å². The van der Waals surface area contributed by atoms with Gasteiger partial charge in [-0.05, 0) is 19.8 Å². The normalized spacial score (nSPS) is 16.1. The second-order valence-electron chi connectivity index (χ2n) is 5.42. The molecule has 21 heavy (non-hydrogen) atoms. The Hall–Kier alpha value is -1.89. The average molecular weight is 292 g/mol. The number of nitrogens with two attached hydrogens (primary N) is 1. The SMILES string of the molecule is CCCc1nc(NN)c(C)c(N2CCCN(C)C(=O)C2)n1. The molecule has 2 heterocycles. The van der Waals surface area contributed by atoms with Crippen molar-refractivity contribution in [3.05, 3.63) is 11.4 Å². The fourth-order valence-corrected chi connectivity index (χ4v) is 2.50. The summed E-state index contributed by atoms with van der Waals surface area (Å²) in [6.45, 7) is 5.96. The molecule has 1 aliphatic rings. The van der Waals surface area contributed by atoms with E-state index in [0.29, 0.717) is 12.4 Å². The van der Waals surface area contributed by atoms with E-state index < -0.39 is 0 Å². The second kappa shape index (κ2) is 6.71. The number of nitrogens with one attached hydrogen (secondary N) is 1. The number of nitrogens with zero attached hydrogens (tertiary/aromatic N) is 4. The van der Waals surface area contributed by atoms with Crippen molar-refractivity contribution >= 4 is 17.5 Å². The maximum absolute atomic E-state index is 12.1. The Kier molecular flexibility index (Phi) is 4.95. The van der Waals surface area contributed by atoms with Crippen LogP contribution in [0.5, 0.6) is 0 Å². The van der Waals surface area contributed by atoms with Crippen LogP contribution in [0.3, 0.4) is 0 Å². The third-order valence-electron chi connectivity index (χ3n) is 3.75. The van der Waals surface area contributed by atoms with Gasteiger partial charge in [0.15, 0.2) is 0 Å². The van der Waals surface area contributed by atoms with Crippen molar-refractivity contribution in [3.8, 4) is 0 Å². The first-order valence-electron chi connectivity index (χ1n) is 7.39. The molecule has 7 nitrogen and oxygen atoms in total. The summed E-state index contributed by atoms with van der Waals surface area (Å²) < 4.78 is 0. The molecule has 1 aliphatic heterocycles. The molecule has 0 aromatic carbocycles. The van der Waals surface area contributed by atoms with E-state index in [0.717, 1.165) is 49.6 Å². The molecule has 0 saturated carbocycles. The highest BCUT2D eigenvalue weighted by Crippen LogP contribution is 2.24. The molecule has 0 atom stereocenters. The number of rotatable bonds is 4. The lowest BCUT2D eigenvalue weighted by Crippen LogP contribution is -2.35. The van der Waals surface area contributed by atoms with Crippen LogP contribution >= 0.6 is 0 Å². The standard InChI is InChI=1S/C14H24N6O/c1-4-6-11-16-13(18-15)10(2)14(17-11)20-8-5-7-19(3)12(21)9-20/h4-9,15H2,1-3H3,(H,16,17,18). The molecule has 0 unspecified atom stereocenters. The van der Waals surface area contributed by atoms with Gasteiger partial charge in [-0.25, -0.2) is 15.8 Å². The number of nitrogen functional groups attached to an aromatic ring is 1. The zero-order chi connectivity index (χ0) is 15.4. The van der Waals surface area contributed by atoms with E-state index >= 15 is 0 Å². The zero-order valence-electron chi connectivity index (χ0n) is 13.0. The Bertz CT molecular complexity index is 518. The highest BCUT2D eigenvalue weighted by atomic mass is 16.2. The maximum Gasteiger partial charge on any atom is 0.241 e. The quantitative estimate of drug-likeness (QED) is 0.627. The Morgan fingerprint density at radius 1 is 1.33 bits per heavy atom. The number of amides is 1. The summed E-state index contributed by atoms with van der Waals surface area (Å²) in [5.74, 6) is 7.88. The lowest BCUT2D eigenvalue weighted by Gasteiger charge is -2.24. The lowest BCUT2D eigenvalue weighted by atomic mass is 10.2. The summed E-state index contributed by atoms with van der Waals surface area (Å²) in [4.78, 5) is 24.9. The fraction of sp³-hybridized carbons (Fsp3) is 0.643. The molecule has 1 aromatic heterocycles. The molecular weight excluding hydrogens is 268 g/mol. The predicted molar refractivity (Wildman–Crippen MR) is 83.0 cm³/mol. The number of aryl methyl sites for hydroxylation is 1. The first kappa shape index (κ1) is 15.5. The highest BCUT2D eigenvalue weighted by molar-refractivity contribution is 5.82. The smallest absolute Gasteiger partial charge is 0.241 e. The largest absolute Gasteiger partial charge is 0.347 e. The van der Waals surface area contributed by atoms with E-state index in [1.807, 2.05) is 18.9 Å². The fourth-order valence-electron chi connectivity index (χ4n) is 2.50. The van der Waals surface area contributed by atoms with Crippen LogP contribution in [-0.2, 0) is 11.2 Å². The summed E-state index contributed by atoms with van der Waals surface area (Å²) in [5.41, 5.74) is 3.52. The van der Waals surface area contributed by atoms with Crippen molar-refractivity contribution in [1.82, 2.24) is 14.9 Å². The molecular formula is C14H24N6O. The van der Waals surface area contributed by atoms with E-state index in [-0.39, 0.29) is 5.91 Å². The Morgan fingerprint density at radius 2 is 2.10 bits per heavy atom. The topological polar surface area (TPSA) is 87.4 Å². The number of carbonyl (C=O) groups excluding carboxylic acids is 1. The van der Waals surface area contributed by atoms with Crippen molar-refractivity contribution in [2.45, 2.75) is 33.1 Å². The molecule has 7 heteroatoms. The Labute approximate surface area is 125 Å². The third-order valence-corrected chi connectivity index (χ3v) is 3.75. The summed E-state index contributed by atoms with van der Waals surface area (Å²) in [6.07, 6.45) is 2.69. The molecule has 1 amide bonds. The van der Waals surface area contributed by atoms with E-state index in [1.54, 1.807) is 4.90 Å². The van der Waals surface area contributed by atoms with Crippen LogP contribution in [0.1, 0.15) is 31.2 Å². The van der Waals surface area contributed by atoms with Crippen LogP contribution in [0.25, 0.3) is 0 Å². The molecule has 0 aliphatic carbocycles. The van der Waals surface area contributed by atoms with Gasteiger partial charge >= 0.3 is 0 Å². The Balaban J connectivity index is 2.36. The number of anilines is 2. The third kappa shape index (κ3) is 3.41. The summed E-state index contributed by atoms with van der Waals surface area (Å²) in [5, 5.41) is 0. The van der Waals surface area contributed by atoms with Gasteiger partial charge in [0.1, 0.15) is 17.5 Å². The number of hydrogen-bond acceptors (Lipinski definition) is 6. The van der Waals surface area contributed by atoms with Gasteiger partial charge in [-0.15, -0.1) is 0 Å². The van der Waals surface area contributed by atoms with Crippen LogP contribution in [0.4, 0.5) is 11.6 Å². The molecule has 116 valence electrons. The van der Waals surface area contributed by atoms with Crippen molar-refractivity contribution < 1.29 is 4.79 Å². The van der Waals surface area contributed by atoms with Crippen LogP contribution in [0, 0.1) is 6.92 Å². The van der Waals surface area contributed by atoms with Crippen LogP contribution in [0.15, 0.2) is 0 Å². The molecule has 1 fully saturated rings. The number of likely N-dealkylation sites (N-methyl/N-ethyl adjacent to an activating group) is 1. The van der Waals surface area contributed by atoms with Gasteiger partial charge in [0.25, 0.3) is 0 Å². The van der Waals surface area contributed by atoms with Gasteiger partial charge in [0.05, 0.1) is 6.54 Å². The average Bonchev–Trinajstić information content (AvgIpc) is 2.63. The van der Waals surface area contributed by atoms with Crippen LogP contribution < -0.4 is 16.2 Å². The minimum atomic E-state index is 0.116. The van der Waals surface area contributed by atoms with Crippen molar-refractivity contribution in [2.75, 3.05) is 37.0 Å². The van der Waals surface area contributed by atoms with Crippen LogP contribution in [-0.4, -0.2) is 47.5 Å². The lowest BCUT2D eigenvalue weighted by molar-refractivity contribution is -0.127. The minimum Gasteiger partial charge on any atom is -0.347 e. The number of hydrazine groups is 1. The van der Waals surface area contributed by atoms with E-state index in [9.17, 15) is 4.79 Å². The minimum absolute atomic E-state index is 0.116. The van der Waals surface area contributed by atoms with Crippen LogP contribution in [0.2, 0.25) is 0 Å². The molecule has 0 radical (unpaired) electrons. The van der Waals surface area contributed by atoms with Gasteiger partial charge < -0.3 is 15.2 Å². The van der Waals surface area contributed by atoms with Gasteiger partial charge in [-0.2, -0.15) is 0 Å². The first-order valence-corrected chi connectivity index (χ1v) is 7.39.